The third-order valence-electron chi connectivity index (χ3n) is 3.14. The van der Waals surface area contributed by atoms with E-state index < -0.39 is 6.04 Å². The van der Waals surface area contributed by atoms with Gasteiger partial charge in [0, 0.05) is 26.1 Å². The normalized spacial score (nSPS) is 21.2. The van der Waals surface area contributed by atoms with Crippen LogP contribution < -0.4 is 11.1 Å². The van der Waals surface area contributed by atoms with Gasteiger partial charge < -0.3 is 16.0 Å². The number of halogens is 1. The highest BCUT2D eigenvalue weighted by Gasteiger charge is 2.28. The zero-order valence-electron chi connectivity index (χ0n) is 11.3. The van der Waals surface area contributed by atoms with Crippen LogP contribution in [0.5, 0.6) is 0 Å². The average Bonchev–Trinajstić information content (AvgIpc) is 2.26. The molecular weight excluding hydrogens is 254 g/mol. The van der Waals surface area contributed by atoms with Crippen molar-refractivity contribution in [2.45, 2.75) is 45.7 Å². The van der Waals surface area contributed by atoms with E-state index >= 15 is 0 Å². The van der Waals surface area contributed by atoms with E-state index in [-0.39, 0.29) is 36.2 Å². The summed E-state index contributed by atoms with van der Waals surface area (Å²) in [5, 5.41) is 2.86. The van der Waals surface area contributed by atoms with Crippen molar-refractivity contribution < 1.29 is 9.59 Å². The molecule has 2 atom stereocenters. The number of nitrogens with two attached hydrogens (primary N) is 1. The summed E-state index contributed by atoms with van der Waals surface area (Å²) < 4.78 is 0. The summed E-state index contributed by atoms with van der Waals surface area (Å²) in [6.07, 6.45) is 1.85. The summed E-state index contributed by atoms with van der Waals surface area (Å²) in [4.78, 5) is 24.8. The van der Waals surface area contributed by atoms with Crippen LogP contribution in [0.3, 0.4) is 0 Å². The SMILES string of the molecule is CC(=O)NC1CCCN(C(=O)[C@@H](N)C(C)C)C1.Cl. The summed E-state index contributed by atoms with van der Waals surface area (Å²) in [6, 6.07) is -0.365. The minimum Gasteiger partial charge on any atom is -0.352 e. The topological polar surface area (TPSA) is 75.4 Å². The minimum absolute atomic E-state index is 0. The van der Waals surface area contributed by atoms with Crippen molar-refractivity contribution in [1.82, 2.24) is 10.2 Å². The quantitative estimate of drug-likeness (QED) is 0.790. The molecule has 0 spiro atoms. The van der Waals surface area contributed by atoms with Gasteiger partial charge in [0.15, 0.2) is 0 Å². The smallest absolute Gasteiger partial charge is 0.239 e. The predicted molar refractivity (Wildman–Crippen MR) is 73.5 cm³/mol. The number of carbonyl (C=O) groups is 2. The molecule has 2 amide bonds. The molecule has 0 saturated carbocycles. The Bertz CT molecular complexity index is 297. The van der Waals surface area contributed by atoms with Crippen LogP contribution in [0, 0.1) is 5.92 Å². The predicted octanol–water partition coefficient (Wildman–Crippen LogP) is 0.519. The monoisotopic (exact) mass is 277 g/mol. The molecule has 6 heteroatoms. The fraction of sp³-hybridized carbons (Fsp3) is 0.833. The van der Waals surface area contributed by atoms with Crippen LogP contribution in [0.2, 0.25) is 0 Å². The second-order valence-corrected chi connectivity index (χ2v) is 5.09. The second-order valence-electron chi connectivity index (χ2n) is 5.09. The maximum Gasteiger partial charge on any atom is 0.239 e. The molecule has 0 aromatic carbocycles. The van der Waals surface area contributed by atoms with Gasteiger partial charge in [-0.1, -0.05) is 13.8 Å². The van der Waals surface area contributed by atoms with Crippen LogP contribution in [-0.4, -0.2) is 41.9 Å². The molecule has 106 valence electrons. The molecule has 1 fully saturated rings. The highest BCUT2D eigenvalue weighted by molar-refractivity contribution is 5.85. The molecule has 0 aromatic rings. The van der Waals surface area contributed by atoms with Crippen molar-refractivity contribution in [3.8, 4) is 0 Å². The van der Waals surface area contributed by atoms with Gasteiger partial charge >= 0.3 is 0 Å². The fourth-order valence-electron chi connectivity index (χ4n) is 2.08. The van der Waals surface area contributed by atoms with Crippen molar-refractivity contribution in [2.75, 3.05) is 13.1 Å². The molecule has 0 aliphatic carbocycles. The molecule has 5 nitrogen and oxygen atoms in total. The van der Waals surface area contributed by atoms with Crippen LogP contribution in [-0.2, 0) is 9.59 Å². The molecule has 1 unspecified atom stereocenters. The first-order valence-electron chi connectivity index (χ1n) is 6.23. The van der Waals surface area contributed by atoms with Crippen LogP contribution in [0.4, 0.5) is 0 Å². The lowest BCUT2D eigenvalue weighted by molar-refractivity contribution is -0.135. The van der Waals surface area contributed by atoms with E-state index in [0.29, 0.717) is 6.54 Å². The molecular formula is C12H24ClN3O2. The Balaban J connectivity index is 0.00000289. The van der Waals surface area contributed by atoms with E-state index in [4.69, 9.17) is 5.73 Å². The zero-order chi connectivity index (χ0) is 13.0. The van der Waals surface area contributed by atoms with E-state index in [1.165, 1.54) is 6.92 Å². The molecule has 1 rings (SSSR count). The molecule has 1 aliphatic rings. The van der Waals surface area contributed by atoms with Crippen LogP contribution in [0.15, 0.2) is 0 Å². The Kier molecular flexibility index (Phi) is 7.25. The average molecular weight is 278 g/mol. The summed E-state index contributed by atoms with van der Waals surface area (Å²) in [5.74, 6) is 0.0937. The largest absolute Gasteiger partial charge is 0.352 e. The maximum atomic E-state index is 12.1. The van der Waals surface area contributed by atoms with Gasteiger partial charge in [0.25, 0.3) is 0 Å². The second kappa shape index (κ2) is 7.59. The van der Waals surface area contributed by atoms with Crippen molar-refractivity contribution in [2.24, 2.45) is 11.7 Å². The number of nitrogens with one attached hydrogen (secondary N) is 1. The lowest BCUT2D eigenvalue weighted by atomic mass is 10.0. The van der Waals surface area contributed by atoms with E-state index in [9.17, 15) is 9.59 Å². The lowest BCUT2D eigenvalue weighted by Crippen LogP contribution is -2.54. The first kappa shape index (κ1) is 17.2. The Morgan fingerprint density at radius 3 is 2.50 bits per heavy atom. The lowest BCUT2D eigenvalue weighted by Gasteiger charge is -2.35. The molecule has 1 saturated heterocycles. The van der Waals surface area contributed by atoms with E-state index in [1.807, 2.05) is 13.8 Å². The Morgan fingerprint density at radius 1 is 1.39 bits per heavy atom. The number of likely N-dealkylation sites (tertiary alicyclic amines) is 1. The Hall–Kier alpha value is -0.810. The summed E-state index contributed by atoms with van der Waals surface area (Å²) in [6.45, 7) is 6.71. The summed E-state index contributed by atoms with van der Waals surface area (Å²) in [5.41, 5.74) is 5.86. The number of rotatable bonds is 3. The Labute approximate surface area is 115 Å². The molecule has 0 radical (unpaired) electrons. The van der Waals surface area contributed by atoms with Gasteiger partial charge in [-0.2, -0.15) is 0 Å². The number of hydrogen-bond donors (Lipinski definition) is 2. The van der Waals surface area contributed by atoms with Crippen molar-refractivity contribution in [3.05, 3.63) is 0 Å². The number of nitrogens with zero attached hydrogens (tertiary/aromatic N) is 1. The number of hydrogen-bond acceptors (Lipinski definition) is 3. The molecule has 3 N–H and O–H groups in total. The minimum atomic E-state index is -0.439. The van der Waals surface area contributed by atoms with Crippen LogP contribution in [0.25, 0.3) is 0 Å². The molecule has 1 heterocycles. The molecule has 0 aromatic heterocycles. The number of piperidine rings is 1. The number of amides is 2. The molecule has 0 bridgehead atoms. The first-order chi connectivity index (χ1) is 7.91. The first-order valence-corrected chi connectivity index (χ1v) is 6.23. The van der Waals surface area contributed by atoms with E-state index in [0.717, 1.165) is 19.4 Å². The van der Waals surface area contributed by atoms with Gasteiger partial charge in [-0.25, -0.2) is 0 Å². The van der Waals surface area contributed by atoms with Crippen LogP contribution >= 0.6 is 12.4 Å². The maximum absolute atomic E-state index is 12.1. The highest BCUT2D eigenvalue weighted by atomic mass is 35.5. The van der Waals surface area contributed by atoms with Crippen molar-refractivity contribution in [1.29, 1.82) is 0 Å². The third kappa shape index (κ3) is 4.82. The third-order valence-corrected chi connectivity index (χ3v) is 3.14. The van der Waals surface area contributed by atoms with Crippen molar-refractivity contribution in [3.63, 3.8) is 0 Å². The zero-order valence-corrected chi connectivity index (χ0v) is 12.1. The van der Waals surface area contributed by atoms with Gasteiger partial charge in [-0.3, -0.25) is 9.59 Å². The van der Waals surface area contributed by atoms with E-state index in [1.54, 1.807) is 4.90 Å². The molecule has 1 aliphatic heterocycles. The van der Waals surface area contributed by atoms with Gasteiger partial charge in [-0.15, -0.1) is 12.4 Å². The van der Waals surface area contributed by atoms with E-state index in [2.05, 4.69) is 5.32 Å². The van der Waals surface area contributed by atoms with Gasteiger partial charge in [0.05, 0.1) is 6.04 Å². The van der Waals surface area contributed by atoms with Crippen molar-refractivity contribution >= 4 is 24.2 Å². The Morgan fingerprint density at radius 2 is 2.00 bits per heavy atom. The summed E-state index contributed by atoms with van der Waals surface area (Å²) in [7, 11) is 0. The summed E-state index contributed by atoms with van der Waals surface area (Å²) >= 11 is 0. The fourth-order valence-corrected chi connectivity index (χ4v) is 2.08. The van der Waals surface area contributed by atoms with Gasteiger partial charge in [0.2, 0.25) is 11.8 Å². The number of carbonyl (C=O) groups excluding carboxylic acids is 2. The van der Waals surface area contributed by atoms with Gasteiger partial charge in [-0.05, 0) is 18.8 Å². The van der Waals surface area contributed by atoms with Gasteiger partial charge in [0.1, 0.15) is 0 Å². The van der Waals surface area contributed by atoms with Crippen LogP contribution in [0.1, 0.15) is 33.6 Å². The molecule has 18 heavy (non-hydrogen) atoms. The highest BCUT2D eigenvalue weighted by Crippen LogP contribution is 2.13. The standard InChI is InChI=1S/C12H23N3O2.ClH/c1-8(2)11(13)12(17)15-6-4-5-10(7-15)14-9(3)16;/h8,10-11H,4-7,13H2,1-3H3,(H,14,16);1H/t10?,11-;/m0./s1.